The Morgan fingerprint density at radius 1 is 1.17 bits per heavy atom. The lowest BCUT2D eigenvalue weighted by atomic mass is 10.1. The van der Waals surface area contributed by atoms with Crippen molar-refractivity contribution < 1.29 is 18.4 Å². The molecule has 2 aromatic carbocycles. The molecule has 0 spiro atoms. The van der Waals surface area contributed by atoms with Gasteiger partial charge in [0.2, 0.25) is 10.0 Å². The number of hydrogen-bond donors (Lipinski definition) is 2. The van der Waals surface area contributed by atoms with Gasteiger partial charge < -0.3 is 4.90 Å². The fraction of sp³-hybridized carbons (Fsp3) is 0.286. The highest BCUT2D eigenvalue weighted by Crippen LogP contribution is 2.25. The lowest BCUT2D eigenvalue weighted by molar-refractivity contribution is -0.124. The molecule has 154 valence electrons. The Morgan fingerprint density at radius 3 is 2.52 bits per heavy atom. The molecule has 1 fully saturated rings. The van der Waals surface area contributed by atoms with Gasteiger partial charge in [0.1, 0.15) is 0 Å². The Bertz CT molecular complexity index is 1000. The summed E-state index contributed by atoms with van der Waals surface area (Å²) in [5.41, 5.74) is 4.45. The molecule has 0 bridgehead atoms. The molecule has 0 aliphatic carbocycles. The van der Waals surface area contributed by atoms with Crippen LogP contribution in [0.2, 0.25) is 0 Å². The van der Waals surface area contributed by atoms with Crippen LogP contribution < -0.4 is 10.4 Å². The van der Waals surface area contributed by atoms with Gasteiger partial charge in [-0.15, -0.1) is 0 Å². The Kier molecular flexibility index (Phi) is 6.36. The summed E-state index contributed by atoms with van der Waals surface area (Å²) in [7, 11) is -3.60. The molecule has 1 aliphatic heterocycles. The SMILES string of the molecule is Cc1cccc(N2CCN(S(=O)(=O)c3ccc(C=CC(=O)NO)cc3)CC2C)c1. The van der Waals surface area contributed by atoms with Gasteiger partial charge in [0.05, 0.1) is 4.90 Å². The minimum atomic E-state index is -3.60. The topological polar surface area (TPSA) is 90.0 Å². The average Bonchev–Trinajstić information content (AvgIpc) is 2.72. The van der Waals surface area contributed by atoms with Crippen molar-refractivity contribution in [2.75, 3.05) is 24.5 Å². The maximum absolute atomic E-state index is 13.0. The lowest BCUT2D eigenvalue weighted by Gasteiger charge is -2.40. The van der Waals surface area contributed by atoms with Gasteiger partial charge in [-0.05, 0) is 55.3 Å². The molecule has 1 unspecified atom stereocenters. The van der Waals surface area contributed by atoms with Gasteiger partial charge in [0.15, 0.2) is 0 Å². The fourth-order valence-electron chi connectivity index (χ4n) is 3.44. The molecule has 1 amide bonds. The molecule has 1 saturated heterocycles. The zero-order chi connectivity index (χ0) is 21.0. The van der Waals surface area contributed by atoms with Crippen molar-refractivity contribution in [2.45, 2.75) is 24.8 Å². The Hall–Kier alpha value is -2.68. The standard InChI is InChI=1S/C21H25N3O4S/c1-16-4-3-5-19(14-16)24-13-12-23(15-17(24)2)29(27,28)20-9-6-18(7-10-20)8-11-21(25)22-26/h3-11,14,17,26H,12-13,15H2,1-2H3,(H,22,25). The summed E-state index contributed by atoms with van der Waals surface area (Å²) < 4.78 is 27.6. The molecule has 1 aliphatic rings. The molecular weight excluding hydrogens is 390 g/mol. The van der Waals surface area contributed by atoms with Gasteiger partial charge >= 0.3 is 0 Å². The van der Waals surface area contributed by atoms with Gasteiger partial charge in [-0.2, -0.15) is 4.31 Å². The molecule has 1 heterocycles. The molecule has 1 atom stereocenters. The van der Waals surface area contributed by atoms with Crippen LogP contribution in [0.5, 0.6) is 0 Å². The van der Waals surface area contributed by atoms with E-state index < -0.39 is 15.9 Å². The van der Waals surface area contributed by atoms with Crippen LogP contribution in [-0.2, 0) is 14.8 Å². The molecule has 29 heavy (non-hydrogen) atoms. The second-order valence-corrected chi connectivity index (χ2v) is 9.06. The summed E-state index contributed by atoms with van der Waals surface area (Å²) >= 11 is 0. The highest BCUT2D eigenvalue weighted by Gasteiger charge is 2.32. The Morgan fingerprint density at radius 2 is 1.90 bits per heavy atom. The fourth-order valence-corrected chi connectivity index (χ4v) is 4.95. The normalized spacial score (nSPS) is 18.2. The van der Waals surface area contributed by atoms with Gasteiger partial charge in [0.25, 0.3) is 5.91 Å². The molecule has 3 rings (SSSR count). The quantitative estimate of drug-likeness (QED) is 0.445. The number of benzene rings is 2. The number of aryl methyl sites for hydroxylation is 1. The highest BCUT2D eigenvalue weighted by molar-refractivity contribution is 7.89. The molecule has 0 aromatic heterocycles. The molecule has 0 radical (unpaired) electrons. The van der Waals surface area contributed by atoms with Gasteiger partial charge in [-0.1, -0.05) is 24.3 Å². The third kappa shape index (κ3) is 4.84. The number of hydrogen-bond acceptors (Lipinski definition) is 5. The second kappa shape index (κ2) is 8.77. The van der Waals surface area contributed by atoms with Crippen molar-refractivity contribution in [3.63, 3.8) is 0 Å². The maximum atomic E-state index is 13.0. The van der Waals surface area contributed by atoms with Crippen LogP contribution in [0, 0.1) is 6.92 Å². The van der Waals surface area contributed by atoms with E-state index in [1.54, 1.807) is 12.1 Å². The van der Waals surface area contributed by atoms with Crippen molar-refractivity contribution in [3.05, 3.63) is 65.7 Å². The van der Waals surface area contributed by atoms with Crippen LogP contribution in [0.1, 0.15) is 18.1 Å². The van der Waals surface area contributed by atoms with E-state index in [4.69, 9.17) is 5.21 Å². The van der Waals surface area contributed by atoms with Crippen molar-refractivity contribution in [3.8, 4) is 0 Å². The number of carbonyl (C=O) groups is 1. The van der Waals surface area contributed by atoms with Crippen LogP contribution in [0.4, 0.5) is 5.69 Å². The number of rotatable bonds is 5. The molecule has 7 nitrogen and oxygen atoms in total. The zero-order valence-electron chi connectivity index (χ0n) is 16.4. The third-order valence-electron chi connectivity index (χ3n) is 4.98. The predicted octanol–water partition coefficient (Wildman–Crippen LogP) is 2.41. The van der Waals surface area contributed by atoms with Crippen LogP contribution in [0.25, 0.3) is 6.08 Å². The van der Waals surface area contributed by atoms with Gasteiger partial charge in [0, 0.05) is 37.4 Å². The highest BCUT2D eigenvalue weighted by atomic mass is 32.2. The number of carbonyl (C=O) groups excluding carboxylic acids is 1. The van der Waals surface area contributed by atoms with E-state index >= 15 is 0 Å². The molecule has 2 aromatic rings. The van der Waals surface area contributed by atoms with Crippen molar-refractivity contribution in [1.82, 2.24) is 9.79 Å². The van der Waals surface area contributed by atoms with Crippen LogP contribution in [0.3, 0.4) is 0 Å². The number of nitrogens with one attached hydrogen (secondary N) is 1. The van der Waals surface area contributed by atoms with E-state index in [0.717, 1.165) is 11.8 Å². The number of anilines is 1. The first-order chi connectivity index (χ1) is 13.8. The second-order valence-electron chi connectivity index (χ2n) is 7.12. The van der Waals surface area contributed by atoms with Crippen molar-refractivity contribution in [1.29, 1.82) is 0 Å². The summed E-state index contributed by atoms with van der Waals surface area (Å²) in [5, 5.41) is 8.50. The molecular formula is C21H25N3O4S. The summed E-state index contributed by atoms with van der Waals surface area (Å²) in [6, 6.07) is 14.6. The van der Waals surface area contributed by atoms with Gasteiger partial charge in [-0.25, -0.2) is 13.9 Å². The van der Waals surface area contributed by atoms with Crippen LogP contribution in [0.15, 0.2) is 59.5 Å². The summed E-state index contributed by atoms with van der Waals surface area (Å²) in [6.45, 7) is 5.53. The van der Waals surface area contributed by atoms with Crippen molar-refractivity contribution in [2.24, 2.45) is 0 Å². The summed E-state index contributed by atoms with van der Waals surface area (Å²) in [5.74, 6) is -0.651. The number of amides is 1. The smallest absolute Gasteiger partial charge is 0.267 e. The van der Waals surface area contributed by atoms with E-state index in [-0.39, 0.29) is 10.9 Å². The average molecular weight is 416 g/mol. The summed E-state index contributed by atoms with van der Waals surface area (Å²) in [4.78, 5) is 13.5. The lowest BCUT2D eigenvalue weighted by Crippen LogP contribution is -2.53. The predicted molar refractivity (Wildman–Crippen MR) is 112 cm³/mol. The third-order valence-corrected chi connectivity index (χ3v) is 6.86. The molecule has 0 saturated carbocycles. The minimum absolute atomic E-state index is 0.0551. The molecule has 2 N–H and O–H groups in total. The van der Waals surface area contributed by atoms with E-state index in [1.807, 2.05) is 26.0 Å². The number of sulfonamides is 1. The summed E-state index contributed by atoms with van der Waals surface area (Å²) in [6.07, 6.45) is 2.65. The van der Waals surface area contributed by atoms with Crippen molar-refractivity contribution >= 4 is 27.7 Å². The Labute approximate surface area is 171 Å². The minimum Gasteiger partial charge on any atom is -0.366 e. The first-order valence-corrected chi connectivity index (χ1v) is 10.8. The van der Waals surface area contributed by atoms with Gasteiger partial charge in [-0.3, -0.25) is 10.0 Å². The van der Waals surface area contributed by atoms with E-state index in [9.17, 15) is 13.2 Å². The first kappa shape index (κ1) is 21.0. The Balaban J connectivity index is 1.72. The van der Waals surface area contributed by atoms with Crippen LogP contribution in [-0.4, -0.2) is 49.5 Å². The monoisotopic (exact) mass is 415 g/mol. The van der Waals surface area contributed by atoms with E-state index in [1.165, 1.54) is 33.6 Å². The van der Waals surface area contributed by atoms with Crippen LogP contribution >= 0.6 is 0 Å². The maximum Gasteiger partial charge on any atom is 0.267 e. The first-order valence-electron chi connectivity index (χ1n) is 9.37. The number of piperazine rings is 1. The zero-order valence-corrected chi connectivity index (χ0v) is 17.3. The molecule has 8 heteroatoms. The number of nitrogens with zero attached hydrogens (tertiary/aromatic N) is 2. The van der Waals surface area contributed by atoms with E-state index in [0.29, 0.717) is 25.2 Å². The van der Waals surface area contributed by atoms with E-state index in [2.05, 4.69) is 17.0 Å². The largest absolute Gasteiger partial charge is 0.366 e. The number of hydroxylamine groups is 1.